The second-order valence-corrected chi connectivity index (χ2v) is 4.65. The Bertz CT molecular complexity index is 609. The van der Waals surface area contributed by atoms with E-state index in [2.05, 4.69) is 29.2 Å². The third kappa shape index (κ3) is 3.54. The van der Waals surface area contributed by atoms with E-state index < -0.39 is 4.92 Å². The molecular weight excluding hydrogens is 256 g/mol. The minimum absolute atomic E-state index is 0.0101. The molecule has 1 aromatic carbocycles. The van der Waals surface area contributed by atoms with Gasteiger partial charge in [0, 0.05) is 18.1 Å². The van der Waals surface area contributed by atoms with Crippen LogP contribution in [0.4, 0.5) is 5.69 Å². The van der Waals surface area contributed by atoms with Gasteiger partial charge in [0.15, 0.2) is 0 Å². The number of hydrogen-bond donors (Lipinski definition) is 0. The van der Waals surface area contributed by atoms with Crippen molar-refractivity contribution in [3.8, 4) is 5.88 Å². The third-order valence-corrected chi connectivity index (χ3v) is 3.02. The van der Waals surface area contributed by atoms with Gasteiger partial charge in [-0.1, -0.05) is 29.8 Å². The van der Waals surface area contributed by atoms with Crippen LogP contribution in [-0.2, 0) is 6.42 Å². The quantitative estimate of drug-likeness (QED) is 0.619. The van der Waals surface area contributed by atoms with E-state index in [1.807, 2.05) is 6.92 Å². The van der Waals surface area contributed by atoms with Gasteiger partial charge in [0.1, 0.15) is 6.20 Å². The minimum Gasteiger partial charge on any atom is -0.477 e. The van der Waals surface area contributed by atoms with Crippen LogP contribution >= 0.6 is 0 Å². The summed E-state index contributed by atoms with van der Waals surface area (Å²) in [4.78, 5) is 14.2. The molecule has 0 spiro atoms. The van der Waals surface area contributed by atoms with Gasteiger partial charge in [0.2, 0.25) is 5.88 Å². The van der Waals surface area contributed by atoms with E-state index in [9.17, 15) is 10.1 Å². The summed E-state index contributed by atoms with van der Waals surface area (Å²) in [6.07, 6.45) is 2.01. The summed E-state index contributed by atoms with van der Waals surface area (Å²) >= 11 is 0. The lowest BCUT2D eigenvalue weighted by Gasteiger charge is -2.06. The molecular formula is C15H16N2O3. The SMILES string of the molecule is Cc1ccc(CCOc2cc(C)c([N+](=O)[O-])cn2)cc1. The number of aryl methyl sites for hydroxylation is 2. The van der Waals surface area contributed by atoms with Gasteiger partial charge in [-0.05, 0) is 19.4 Å². The number of benzene rings is 1. The van der Waals surface area contributed by atoms with E-state index in [0.717, 1.165) is 6.42 Å². The van der Waals surface area contributed by atoms with Crippen molar-refractivity contribution in [1.82, 2.24) is 4.98 Å². The molecule has 0 N–H and O–H groups in total. The number of hydrogen-bond acceptors (Lipinski definition) is 4. The second-order valence-electron chi connectivity index (χ2n) is 4.65. The maximum atomic E-state index is 10.7. The highest BCUT2D eigenvalue weighted by molar-refractivity contribution is 5.39. The van der Waals surface area contributed by atoms with Gasteiger partial charge in [-0.2, -0.15) is 0 Å². The molecule has 0 fully saturated rings. The number of pyridine rings is 1. The summed E-state index contributed by atoms with van der Waals surface area (Å²) in [5, 5.41) is 10.7. The molecule has 0 radical (unpaired) electrons. The van der Waals surface area contributed by atoms with Crippen molar-refractivity contribution in [2.75, 3.05) is 6.61 Å². The average Bonchev–Trinajstić information content (AvgIpc) is 2.41. The Balaban J connectivity index is 1.92. The van der Waals surface area contributed by atoms with Crippen LogP contribution in [0.1, 0.15) is 16.7 Å². The molecule has 5 heteroatoms. The monoisotopic (exact) mass is 272 g/mol. The Labute approximate surface area is 117 Å². The van der Waals surface area contributed by atoms with E-state index in [4.69, 9.17) is 4.74 Å². The first-order valence-electron chi connectivity index (χ1n) is 6.35. The molecule has 0 aliphatic carbocycles. The van der Waals surface area contributed by atoms with E-state index >= 15 is 0 Å². The number of ether oxygens (including phenoxy) is 1. The van der Waals surface area contributed by atoms with Gasteiger partial charge >= 0.3 is 0 Å². The summed E-state index contributed by atoms with van der Waals surface area (Å²) in [5.74, 6) is 0.417. The van der Waals surface area contributed by atoms with Gasteiger partial charge in [-0.15, -0.1) is 0 Å². The fourth-order valence-electron chi connectivity index (χ4n) is 1.82. The topological polar surface area (TPSA) is 65.3 Å². The summed E-state index contributed by atoms with van der Waals surface area (Å²) < 4.78 is 5.52. The second kappa shape index (κ2) is 6.14. The molecule has 0 saturated carbocycles. The Morgan fingerprint density at radius 2 is 1.95 bits per heavy atom. The highest BCUT2D eigenvalue weighted by atomic mass is 16.6. The molecule has 1 aromatic heterocycles. The fourth-order valence-corrected chi connectivity index (χ4v) is 1.82. The maximum absolute atomic E-state index is 10.7. The summed E-state index contributed by atoms with van der Waals surface area (Å²) in [6, 6.07) is 9.83. The third-order valence-electron chi connectivity index (χ3n) is 3.02. The summed E-state index contributed by atoms with van der Waals surface area (Å²) in [7, 11) is 0. The van der Waals surface area contributed by atoms with Gasteiger partial charge in [-0.3, -0.25) is 10.1 Å². The Kier molecular flexibility index (Phi) is 4.30. The number of aromatic nitrogens is 1. The molecule has 0 saturated heterocycles. The molecule has 20 heavy (non-hydrogen) atoms. The smallest absolute Gasteiger partial charge is 0.290 e. The standard InChI is InChI=1S/C15H16N2O3/c1-11-3-5-13(6-4-11)7-8-20-15-9-12(2)14(10-16-15)17(18)19/h3-6,9-10H,7-8H2,1-2H3. The van der Waals surface area contributed by atoms with E-state index in [1.54, 1.807) is 13.0 Å². The van der Waals surface area contributed by atoms with Crippen LogP contribution in [0, 0.1) is 24.0 Å². The predicted octanol–water partition coefficient (Wildman–Crippen LogP) is 3.23. The van der Waals surface area contributed by atoms with Crippen LogP contribution in [-0.4, -0.2) is 16.5 Å². The first-order valence-corrected chi connectivity index (χ1v) is 6.35. The molecule has 0 atom stereocenters. The minimum atomic E-state index is -0.446. The lowest BCUT2D eigenvalue weighted by molar-refractivity contribution is -0.385. The van der Waals surface area contributed by atoms with Gasteiger partial charge in [0.05, 0.1) is 11.5 Å². The lowest BCUT2D eigenvalue weighted by Crippen LogP contribution is -2.03. The molecule has 104 valence electrons. The molecule has 0 aliphatic heterocycles. The molecule has 2 rings (SSSR count). The van der Waals surface area contributed by atoms with Crippen LogP contribution in [0.2, 0.25) is 0 Å². The van der Waals surface area contributed by atoms with Gasteiger partial charge in [-0.25, -0.2) is 4.98 Å². The van der Waals surface area contributed by atoms with Crippen LogP contribution in [0.15, 0.2) is 36.5 Å². The Hall–Kier alpha value is -2.43. The fraction of sp³-hybridized carbons (Fsp3) is 0.267. The van der Waals surface area contributed by atoms with Crippen LogP contribution in [0.25, 0.3) is 0 Å². The normalized spacial score (nSPS) is 10.3. The van der Waals surface area contributed by atoms with Crippen LogP contribution in [0.5, 0.6) is 5.88 Å². The van der Waals surface area contributed by atoms with Crippen molar-refractivity contribution in [1.29, 1.82) is 0 Å². The maximum Gasteiger partial charge on any atom is 0.290 e. The molecule has 1 heterocycles. The zero-order valence-corrected chi connectivity index (χ0v) is 11.5. The summed E-state index contributed by atoms with van der Waals surface area (Å²) in [6.45, 7) is 4.21. The molecule has 5 nitrogen and oxygen atoms in total. The zero-order valence-electron chi connectivity index (χ0n) is 11.5. The van der Waals surface area contributed by atoms with E-state index in [0.29, 0.717) is 18.1 Å². The zero-order chi connectivity index (χ0) is 14.5. The first-order chi connectivity index (χ1) is 9.56. The van der Waals surface area contributed by atoms with Crippen LogP contribution < -0.4 is 4.74 Å². The average molecular weight is 272 g/mol. The van der Waals surface area contributed by atoms with E-state index in [-0.39, 0.29) is 5.69 Å². The van der Waals surface area contributed by atoms with Crippen molar-refractivity contribution in [3.05, 3.63) is 63.3 Å². The Morgan fingerprint density at radius 1 is 1.25 bits per heavy atom. The van der Waals surface area contributed by atoms with Crippen molar-refractivity contribution < 1.29 is 9.66 Å². The molecule has 0 unspecified atom stereocenters. The Morgan fingerprint density at radius 3 is 2.55 bits per heavy atom. The lowest BCUT2D eigenvalue weighted by atomic mass is 10.1. The van der Waals surface area contributed by atoms with Crippen LogP contribution in [0.3, 0.4) is 0 Å². The van der Waals surface area contributed by atoms with Crippen molar-refractivity contribution >= 4 is 5.69 Å². The molecule has 0 amide bonds. The highest BCUT2D eigenvalue weighted by Crippen LogP contribution is 2.20. The van der Waals surface area contributed by atoms with Crippen molar-refractivity contribution in [2.24, 2.45) is 0 Å². The largest absolute Gasteiger partial charge is 0.477 e. The number of nitrogens with zero attached hydrogens (tertiary/aromatic N) is 2. The van der Waals surface area contributed by atoms with E-state index in [1.165, 1.54) is 17.3 Å². The highest BCUT2D eigenvalue weighted by Gasteiger charge is 2.11. The predicted molar refractivity (Wildman–Crippen MR) is 76.0 cm³/mol. The number of nitro groups is 1. The molecule has 0 bridgehead atoms. The molecule has 0 aliphatic rings. The van der Waals surface area contributed by atoms with Gasteiger partial charge in [0.25, 0.3) is 5.69 Å². The van der Waals surface area contributed by atoms with Crippen molar-refractivity contribution in [3.63, 3.8) is 0 Å². The van der Waals surface area contributed by atoms with Gasteiger partial charge < -0.3 is 4.74 Å². The number of rotatable bonds is 5. The molecule has 2 aromatic rings. The van der Waals surface area contributed by atoms with Crippen molar-refractivity contribution in [2.45, 2.75) is 20.3 Å². The summed E-state index contributed by atoms with van der Waals surface area (Å²) in [5.41, 5.74) is 2.97. The first kappa shape index (κ1) is 14.0.